The van der Waals surface area contributed by atoms with E-state index < -0.39 is 21.7 Å². The molecule has 0 aliphatic carbocycles. The van der Waals surface area contributed by atoms with Gasteiger partial charge in [0.25, 0.3) is 0 Å². The molecule has 0 amide bonds. The molecule has 6 heteroatoms. The minimum Gasteiger partial charge on any atom is -0.469 e. The van der Waals surface area contributed by atoms with E-state index in [0.29, 0.717) is 0 Å². The fraction of sp³-hybridized carbons (Fsp3) is 0.357. The van der Waals surface area contributed by atoms with Gasteiger partial charge in [-0.3, -0.25) is 4.79 Å². The van der Waals surface area contributed by atoms with Crippen molar-refractivity contribution in [1.29, 1.82) is 0 Å². The number of hydrogen-bond donors (Lipinski definition) is 0. The number of ether oxygens (including phenoxy) is 1. The van der Waals surface area contributed by atoms with E-state index in [0.717, 1.165) is 15.6 Å². The molecule has 0 aliphatic heterocycles. The third kappa shape index (κ3) is 3.37. The number of sulfone groups is 1. The molecule has 2 rings (SSSR count). The second-order valence-corrected chi connectivity index (χ2v) is 7.76. The molecule has 0 saturated heterocycles. The highest BCUT2D eigenvalue weighted by Gasteiger charge is 2.23. The Morgan fingerprint density at radius 3 is 2.75 bits per heavy atom. The van der Waals surface area contributed by atoms with E-state index in [2.05, 4.69) is 4.74 Å². The largest absolute Gasteiger partial charge is 0.469 e. The maximum atomic E-state index is 12.2. The topological polar surface area (TPSA) is 60.4 Å². The molecule has 108 valence electrons. The van der Waals surface area contributed by atoms with Gasteiger partial charge in [0.15, 0.2) is 9.84 Å². The fourth-order valence-corrected chi connectivity index (χ4v) is 4.89. The molecule has 1 heterocycles. The fourth-order valence-electron chi connectivity index (χ4n) is 2.09. The van der Waals surface area contributed by atoms with Gasteiger partial charge < -0.3 is 4.74 Å². The van der Waals surface area contributed by atoms with Crippen molar-refractivity contribution >= 4 is 37.2 Å². The van der Waals surface area contributed by atoms with Crippen LogP contribution in [0.25, 0.3) is 10.1 Å². The maximum absolute atomic E-state index is 12.2. The molecule has 2 aromatic rings. The van der Waals surface area contributed by atoms with Gasteiger partial charge in [0, 0.05) is 4.70 Å². The third-order valence-electron chi connectivity index (χ3n) is 3.04. The summed E-state index contributed by atoms with van der Waals surface area (Å²) in [6, 6.07) is 7.70. The minimum absolute atomic E-state index is 0.0433. The highest BCUT2D eigenvalue weighted by atomic mass is 32.2. The summed E-state index contributed by atoms with van der Waals surface area (Å²) in [7, 11) is -2.08. The van der Waals surface area contributed by atoms with Gasteiger partial charge in [-0.25, -0.2) is 8.42 Å². The second-order valence-electron chi connectivity index (χ2n) is 4.74. The monoisotopic (exact) mass is 312 g/mol. The van der Waals surface area contributed by atoms with E-state index in [1.165, 1.54) is 18.4 Å². The van der Waals surface area contributed by atoms with Gasteiger partial charge in [0.2, 0.25) is 0 Å². The van der Waals surface area contributed by atoms with Gasteiger partial charge in [-0.05, 0) is 22.4 Å². The first-order chi connectivity index (χ1) is 9.43. The number of fused-ring (bicyclic) bond motifs is 1. The number of benzene rings is 1. The van der Waals surface area contributed by atoms with E-state index in [4.69, 9.17) is 0 Å². The number of methoxy groups -OCH3 is 1. The lowest BCUT2D eigenvalue weighted by molar-refractivity contribution is -0.144. The van der Waals surface area contributed by atoms with Crippen molar-refractivity contribution in [3.8, 4) is 0 Å². The van der Waals surface area contributed by atoms with Crippen LogP contribution in [0.4, 0.5) is 0 Å². The van der Waals surface area contributed by atoms with E-state index in [1.807, 2.05) is 29.6 Å². The Morgan fingerprint density at radius 2 is 2.05 bits per heavy atom. The maximum Gasteiger partial charge on any atom is 0.309 e. The number of hydrogen-bond acceptors (Lipinski definition) is 5. The molecule has 0 aliphatic rings. The SMILES string of the molecule is COC(=O)C(C)CS(=O)(=O)Cc1csc2ccccc12. The van der Waals surface area contributed by atoms with Crippen LogP contribution in [-0.2, 0) is 25.1 Å². The summed E-state index contributed by atoms with van der Waals surface area (Å²) < 4.78 is 30.0. The van der Waals surface area contributed by atoms with Gasteiger partial charge in [-0.15, -0.1) is 11.3 Å². The molecular weight excluding hydrogens is 296 g/mol. The summed E-state index contributed by atoms with van der Waals surface area (Å²) in [5.74, 6) is -1.37. The van der Waals surface area contributed by atoms with Crippen LogP contribution in [0.2, 0.25) is 0 Å². The first kappa shape index (κ1) is 15.0. The van der Waals surface area contributed by atoms with E-state index >= 15 is 0 Å². The molecule has 1 aromatic heterocycles. The Morgan fingerprint density at radius 1 is 1.35 bits per heavy atom. The first-order valence-corrected chi connectivity index (χ1v) is 8.86. The zero-order valence-electron chi connectivity index (χ0n) is 11.3. The lowest BCUT2D eigenvalue weighted by Crippen LogP contribution is -2.23. The van der Waals surface area contributed by atoms with Crippen LogP contribution in [0.15, 0.2) is 29.6 Å². The Labute approximate surface area is 122 Å². The van der Waals surface area contributed by atoms with E-state index in [1.54, 1.807) is 6.92 Å². The average Bonchev–Trinajstić information content (AvgIpc) is 2.80. The highest BCUT2D eigenvalue weighted by Crippen LogP contribution is 2.27. The van der Waals surface area contributed by atoms with Crippen molar-refractivity contribution in [1.82, 2.24) is 0 Å². The molecule has 0 radical (unpaired) electrons. The molecule has 4 nitrogen and oxygen atoms in total. The first-order valence-electron chi connectivity index (χ1n) is 6.16. The van der Waals surface area contributed by atoms with Crippen LogP contribution in [0.3, 0.4) is 0 Å². The van der Waals surface area contributed by atoms with Gasteiger partial charge in [0.05, 0.1) is 24.5 Å². The van der Waals surface area contributed by atoms with Crippen LogP contribution >= 0.6 is 11.3 Å². The average molecular weight is 312 g/mol. The van der Waals surface area contributed by atoms with Crippen LogP contribution < -0.4 is 0 Å². The number of carbonyl (C=O) groups is 1. The van der Waals surface area contributed by atoms with Crippen LogP contribution in [0.5, 0.6) is 0 Å². The smallest absolute Gasteiger partial charge is 0.309 e. The summed E-state index contributed by atoms with van der Waals surface area (Å²) in [6.45, 7) is 1.56. The number of rotatable bonds is 5. The van der Waals surface area contributed by atoms with Crippen LogP contribution in [0.1, 0.15) is 12.5 Å². The predicted octanol–water partition coefficient (Wildman–Crippen LogP) is 2.63. The molecular formula is C14H16O4S2. The molecule has 0 bridgehead atoms. The molecule has 1 unspecified atom stereocenters. The summed E-state index contributed by atoms with van der Waals surface area (Å²) >= 11 is 1.53. The zero-order valence-corrected chi connectivity index (χ0v) is 13.0. The molecule has 1 aromatic carbocycles. The summed E-state index contributed by atoms with van der Waals surface area (Å²) in [6.07, 6.45) is 0. The van der Waals surface area contributed by atoms with Crippen molar-refractivity contribution in [2.24, 2.45) is 5.92 Å². The number of esters is 1. The molecule has 20 heavy (non-hydrogen) atoms. The number of carbonyl (C=O) groups excluding carboxylic acids is 1. The second kappa shape index (κ2) is 5.93. The zero-order chi connectivity index (χ0) is 14.8. The van der Waals surface area contributed by atoms with Gasteiger partial charge in [-0.1, -0.05) is 25.1 Å². The predicted molar refractivity (Wildman–Crippen MR) is 80.5 cm³/mol. The number of thiophene rings is 1. The Hall–Kier alpha value is -1.40. The van der Waals surface area contributed by atoms with E-state index in [-0.39, 0.29) is 11.5 Å². The summed E-state index contributed by atoms with van der Waals surface area (Å²) in [5.41, 5.74) is 0.794. The normalized spacial score (nSPS) is 13.3. The molecule has 0 N–H and O–H groups in total. The highest BCUT2D eigenvalue weighted by molar-refractivity contribution is 7.90. The van der Waals surface area contributed by atoms with Gasteiger partial charge >= 0.3 is 5.97 Å². The van der Waals surface area contributed by atoms with Crippen molar-refractivity contribution in [2.45, 2.75) is 12.7 Å². The quantitative estimate of drug-likeness (QED) is 0.796. The van der Waals surface area contributed by atoms with Crippen molar-refractivity contribution < 1.29 is 17.9 Å². The third-order valence-corrected chi connectivity index (χ3v) is 5.82. The van der Waals surface area contributed by atoms with Gasteiger partial charge in [0.1, 0.15) is 0 Å². The van der Waals surface area contributed by atoms with Crippen LogP contribution in [0, 0.1) is 5.92 Å². The molecule has 0 spiro atoms. The Balaban J connectivity index is 2.18. The molecule has 1 atom stereocenters. The van der Waals surface area contributed by atoms with E-state index in [9.17, 15) is 13.2 Å². The van der Waals surface area contributed by atoms with Crippen molar-refractivity contribution in [2.75, 3.05) is 12.9 Å². The standard InChI is InChI=1S/C14H16O4S2/c1-10(14(15)18-2)8-20(16,17)9-11-7-19-13-6-4-3-5-12(11)13/h3-7,10H,8-9H2,1-2H3. The Kier molecular flexibility index (Phi) is 4.45. The lowest BCUT2D eigenvalue weighted by Gasteiger charge is -2.09. The molecule has 0 fully saturated rings. The lowest BCUT2D eigenvalue weighted by atomic mass is 10.2. The van der Waals surface area contributed by atoms with Crippen molar-refractivity contribution in [3.05, 3.63) is 35.2 Å². The Bertz CT molecular complexity index is 716. The minimum atomic E-state index is -3.34. The molecule has 0 saturated carbocycles. The summed E-state index contributed by atoms with van der Waals surface area (Å²) in [5, 5.41) is 2.83. The van der Waals surface area contributed by atoms with Crippen LogP contribution in [-0.4, -0.2) is 27.2 Å². The van der Waals surface area contributed by atoms with Crippen molar-refractivity contribution in [3.63, 3.8) is 0 Å². The summed E-state index contributed by atoms with van der Waals surface area (Å²) in [4.78, 5) is 11.3. The van der Waals surface area contributed by atoms with Gasteiger partial charge in [-0.2, -0.15) is 0 Å².